The number of halogens is 2. The molecule has 0 radical (unpaired) electrons. The van der Waals surface area contributed by atoms with Gasteiger partial charge < -0.3 is 5.73 Å². The predicted molar refractivity (Wildman–Crippen MR) is 57.5 cm³/mol. The zero-order chi connectivity index (χ0) is 10.0. The highest BCUT2D eigenvalue weighted by atomic mass is 35.5. The summed E-state index contributed by atoms with van der Waals surface area (Å²) in [5.41, 5.74) is 5.36. The predicted octanol–water partition coefficient (Wildman–Crippen LogP) is 2.72. The Morgan fingerprint density at radius 1 is 1.46 bits per heavy atom. The van der Waals surface area contributed by atoms with Gasteiger partial charge in [0.05, 0.1) is 10.7 Å². The summed E-state index contributed by atoms with van der Waals surface area (Å²) in [6, 6.07) is 3.95. The molecule has 0 heterocycles. The van der Waals surface area contributed by atoms with E-state index in [1.54, 1.807) is 12.1 Å². The Bertz CT molecular complexity index is 345. The Morgan fingerprint density at radius 3 is 2.62 bits per heavy atom. The first-order valence-electron chi connectivity index (χ1n) is 3.26. The van der Waals surface area contributed by atoms with E-state index in [0.717, 1.165) is 4.31 Å². The van der Waals surface area contributed by atoms with Gasteiger partial charge in [0.15, 0.2) is 0 Å². The minimum absolute atomic E-state index is 0.359. The lowest BCUT2D eigenvalue weighted by Crippen LogP contribution is -2.27. The number of primary amides is 1. The van der Waals surface area contributed by atoms with Crippen LogP contribution in [0.25, 0.3) is 0 Å². The lowest BCUT2D eigenvalue weighted by atomic mass is 10.3. The molecule has 0 aromatic heterocycles. The lowest BCUT2D eigenvalue weighted by molar-refractivity contribution is 0.257. The third kappa shape index (κ3) is 2.43. The summed E-state index contributed by atoms with van der Waals surface area (Å²) in [6.07, 6.45) is 0. The number of nitrogens with two attached hydrogens (primary N) is 1. The van der Waals surface area contributed by atoms with Crippen molar-refractivity contribution in [2.75, 3.05) is 4.31 Å². The molecule has 1 rings (SSSR count). The van der Waals surface area contributed by atoms with Crippen LogP contribution in [0.4, 0.5) is 10.5 Å². The maximum Gasteiger partial charge on any atom is 0.329 e. The molecule has 2 amide bonds. The van der Waals surface area contributed by atoms with E-state index in [-0.39, 0.29) is 0 Å². The van der Waals surface area contributed by atoms with Crippen molar-refractivity contribution in [3.05, 3.63) is 28.2 Å². The standard InChI is InChI=1S/C7H6Cl2N2OS/c8-4-1-2-5(9)6(3-4)11(13)7(10)12/h1-3,13H,(H2,10,12). The molecule has 0 aliphatic carbocycles. The van der Waals surface area contributed by atoms with Crippen molar-refractivity contribution in [3.63, 3.8) is 0 Å². The molecule has 3 nitrogen and oxygen atoms in total. The molecular formula is C7H6Cl2N2OS. The first kappa shape index (κ1) is 10.5. The van der Waals surface area contributed by atoms with Gasteiger partial charge in [0.1, 0.15) is 0 Å². The van der Waals surface area contributed by atoms with Crippen LogP contribution in [0.5, 0.6) is 0 Å². The molecule has 1 aromatic carbocycles. The monoisotopic (exact) mass is 236 g/mol. The number of thiol groups is 1. The number of hydrogen-bond acceptors (Lipinski definition) is 2. The molecule has 0 atom stereocenters. The largest absolute Gasteiger partial charge is 0.350 e. The van der Waals surface area contributed by atoms with Gasteiger partial charge in [-0.2, -0.15) is 0 Å². The molecule has 6 heteroatoms. The maximum atomic E-state index is 10.7. The van der Waals surface area contributed by atoms with Crippen molar-refractivity contribution in [3.8, 4) is 0 Å². The van der Waals surface area contributed by atoms with Gasteiger partial charge in [-0.3, -0.25) is 0 Å². The van der Waals surface area contributed by atoms with Crippen LogP contribution in [0.15, 0.2) is 18.2 Å². The number of urea groups is 1. The van der Waals surface area contributed by atoms with Crippen LogP contribution in [0.2, 0.25) is 10.0 Å². The van der Waals surface area contributed by atoms with E-state index in [0.29, 0.717) is 15.7 Å². The number of amides is 2. The van der Waals surface area contributed by atoms with Gasteiger partial charge in [-0.05, 0) is 18.2 Å². The highest BCUT2D eigenvalue weighted by Crippen LogP contribution is 2.29. The van der Waals surface area contributed by atoms with Gasteiger partial charge in [-0.15, -0.1) is 0 Å². The van der Waals surface area contributed by atoms with Gasteiger partial charge in [-0.25, -0.2) is 9.10 Å². The van der Waals surface area contributed by atoms with Crippen LogP contribution >= 0.6 is 36.0 Å². The zero-order valence-corrected chi connectivity index (χ0v) is 8.77. The normalized spacial score (nSPS) is 9.77. The van der Waals surface area contributed by atoms with Gasteiger partial charge in [-0.1, -0.05) is 36.0 Å². The van der Waals surface area contributed by atoms with Crippen molar-refractivity contribution < 1.29 is 4.79 Å². The van der Waals surface area contributed by atoms with Crippen molar-refractivity contribution in [2.45, 2.75) is 0 Å². The number of anilines is 1. The van der Waals surface area contributed by atoms with Crippen LogP contribution in [-0.4, -0.2) is 6.03 Å². The average Bonchev–Trinajstić information content (AvgIpc) is 2.08. The third-order valence-electron chi connectivity index (χ3n) is 1.35. The first-order chi connectivity index (χ1) is 6.02. The Balaban J connectivity index is 3.12. The molecular weight excluding hydrogens is 231 g/mol. The first-order valence-corrected chi connectivity index (χ1v) is 4.41. The van der Waals surface area contributed by atoms with Crippen LogP contribution in [-0.2, 0) is 0 Å². The summed E-state index contributed by atoms with van der Waals surface area (Å²) in [7, 11) is 0. The van der Waals surface area contributed by atoms with Gasteiger partial charge in [0.25, 0.3) is 0 Å². The number of hydrogen-bond donors (Lipinski definition) is 2. The molecule has 0 unspecified atom stereocenters. The van der Waals surface area contributed by atoms with Crippen LogP contribution in [0.3, 0.4) is 0 Å². The molecule has 2 N–H and O–H groups in total. The molecule has 0 bridgehead atoms. The smallest absolute Gasteiger partial charge is 0.329 e. The summed E-state index contributed by atoms with van der Waals surface area (Å²) in [4.78, 5) is 10.7. The highest BCUT2D eigenvalue weighted by Gasteiger charge is 2.11. The molecule has 0 spiro atoms. The fraction of sp³-hybridized carbons (Fsp3) is 0. The van der Waals surface area contributed by atoms with E-state index in [1.165, 1.54) is 6.07 Å². The second-order valence-electron chi connectivity index (χ2n) is 2.25. The quantitative estimate of drug-likeness (QED) is 0.725. The molecule has 0 aliphatic heterocycles. The SMILES string of the molecule is NC(=O)N(S)c1cc(Cl)ccc1Cl. The second-order valence-corrected chi connectivity index (χ2v) is 3.49. The molecule has 0 saturated heterocycles. The maximum absolute atomic E-state index is 10.7. The lowest BCUT2D eigenvalue weighted by Gasteiger charge is -2.14. The molecule has 0 fully saturated rings. The third-order valence-corrected chi connectivity index (χ3v) is 2.31. The zero-order valence-electron chi connectivity index (χ0n) is 6.37. The van der Waals surface area contributed by atoms with E-state index in [1.807, 2.05) is 0 Å². The molecule has 0 aliphatic rings. The molecule has 1 aromatic rings. The summed E-state index contributed by atoms with van der Waals surface area (Å²) < 4.78 is 0.925. The number of rotatable bonds is 1. The Labute approximate surface area is 91.0 Å². The van der Waals surface area contributed by atoms with E-state index < -0.39 is 6.03 Å². The van der Waals surface area contributed by atoms with Crippen LogP contribution in [0.1, 0.15) is 0 Å². The minimum atomic E-state index is -0.715. The average molecular weight is 237 g/mol. The summed E-state index contributed by atoms with van der Waals surface area (Å²) in [6.45, 7) is 0. The minimum Gasteiger partial charge on any atom is -0.350 e. The summed E-state index contributed by atoms with van der Waals surface area (Å²) >= 11 is 15.3. The fourth-order valence-corrected chi connectivity index (χ4v) is 1.36. The van der Waals surface area contributed by atoms with E-state index in [2.05, 4.69) is 12.8 Å². The van der Waals surface area contributed by atoms with E-state index >= 15 is 0 Å². The van der Waals surface area contributed by atoms with Crippen molar-refractivity contribution >= 4 is 47.7 Å². The summed E-state index contributed by atoms with van der Waals surface area (Å²) in [5, 5.41) is 0.818. The van der Waals surface area contributed by atoms with Crippen LogP contribution < -0.4 is 10.0 Å². The Morgan fingerprint density at radius 2 is 2.08 bits per heavy atom. The van der Waals surface area contributed by atoms with Crippen LogP contribution in [0, 0.1) is 0 Å². The van der Waals surface area contributed by atoms with Crippen molar-refractivity contribution in [1.82, 2.24) is 0 Å². The second kappa shape index (κ2) is 4.09. The molecule has 70 valence electrons. The summed E-state index contributed by atoms with van der Waals surface area (Å²) in [5.74, 6) is 0. The van der Waals surface area contributed by atoms with Crippen molar-refractivity contribution in [2.24, 2.45) is 5.73 Å². The fourth-order valence-electron chi connectivity index (χ4n) is 0.767. The molecule has 13 heavy (non-hydrogen) atoms. The van der Waals surface area contributed by atoms with Gasteiger partial charge in [0, 0.05) is 5.02 Å². The number of carbonyl (C=O) groups excluding carboxylic acids is 1. The molecule has 0 saturated carbocycles. The highest BCUT2D eigenvalue weighted by molar-refractivity contribution is 7.82. The van der Waals surface area contributed by atoms with E-state index in [9.17, 15) is 4.79 Å². The number of benzene rings is 1. The topological polar surface area (TPSA) is 46.3 Å². The Kier molecular flexibility index (Phi) is 3.30. The van der Waals surface area contributed by atoms with E-state index in [4.69, 9.17) is 28.9 Å². The van der Waals surface area contributed by atoms with Crippen molar-refractivity contribution in [1.29, 1.82) is 0 Å². The Hall–Kier alpha value is -0.580. The number of nitrogens with zero attached hydrogens (tertiary/aromatic N) is 1. The van der Waals surface area contributed by atoms with Gasteiger partial charge in [0.2, 0.25) is 0 Å². The number of carbonyl (C=O) groups is 1. The van der Waals surface area contributed by atoms with Gasteiger partial charge >= 0.3 is 6.03 Å².